The lowest BCUT2D eigenvalue weighted by Crippen LogP contribution is -2.52. The number of carboxylic acid groups (broad SMARTS) is 1. The lowest BCUT2D eigenvalue weighted by molar-refractivity contribution is -0.192. The lowest BCUT2D eigenvalue weighted by atomic mass is 9.73. The molecule has 0 radical (unpaired) electrons. The van der Waals surface area contributed by atoms with Crippen LogP contribution in [0.4, 0.5) is 18.0 Å². The molecule has 0 aliphatic carbocycles. The highest BCUT2D eigenvalue weighted by molar-refractivity contribution is 5.73. The number of halogens is 3. The Hall–Kier alpha value is -1.59. The van der Waals surface area contributed by atoms with Crippen LogP contribution in [-0.4, -0.2) is 99.3 Å². The standard InChI is InChI=1S/C18H33N3O3.C2HF3O2/c1-20(2)17(22)19-8-6-18-7-12-24-16(18)3-9-21(14-18)13-15-4-10-23-11-5-15;3-2(4,5)1(6)7/h15-16H,3-14H2,1-2H3,(H,19,22);(H,6,7)/t16-,18+;/m1./s1. The molecule has 2 N–H and O–H groups in total. The Morgan fingerprint density at radius 2 is 1.84 bits per heavy atom. The highest BCUT2D eigenvalue weighted by Gasteiger charge is 2.47. The number of aliphatic carboxylic acids is 1. The van der Waals surface area contributed by atoms with Gasteiger partial charge >= 0.3 is 18.2 Å². The fourth-order valence-electron chi connectivity index (χ4n) is 4.53. The third-order valence-corrected chi connectivity index (χ3v) is 6.25. The van der Waals surface area contributed by atoms with Gasteiger partial charge in [-0.25, -0.2) is 9.59 Å². The number of carboxylic acids is 1. The number of nitrogens with zero attached hydrogens (tertiary/aromatic N) is 2. The number of amides is 2. The van der Waals surface area contributed by atoms with Crippen LogP contribution in [0, 0.1) is 11.3 Å². The molecule has 3 aliphatic heterocycles. The van der Waals surface area contributed by atoms with Crippen molar-refractivity contribution in [2.75, 3.05) is 60.1 Å². The third-order valence-electron chi connectivity index (χ3n) is 6.25. The molecular weight excluding hydrogens is 419 g/mol. The van der Waals surface area contributed by atoms with Crippen LogP contribution >= 0.6 is 0 Å². The van der Waals surface area contributed by atoms with Crippen molar-refractivity contribution < 1.29 is 37.3 Å². The largest absolute Gasteiger partial charge is 0.490 e. The zero-order valence-corrected chi connectivity index (χ0v) is 18.2. The summed E-state index contributed by atoms with van der Waals surface area (Å²) < 4.78 is 43.3. The quantitative estimate of drug-likeness (QED) is 0.663. The van der Waals surface area contributed by atoms with E-state index in [1.165, 1.54) is 19.4 Å². The number of fused-ring (bicyclic) bond motifs is 1. The van der Waals surface area contributed by atoms with E-state index in [0.29, 0.717) is 6.10 Å². The van der Waals surface area contributed by atoms with Crippen molar-refractivity contribution in [2.45, 2.75) is 44.4 Å². The summed E-state index contributed by atoms with van der Waals surface area (Å²) in [6.45, 7) is 6.92. The van der Waals surface area contributed by atoms with Gasteiger partial charge in [0.05, 0.1) is 6.10 Å². The number of piperidine rings is 1. The first-order valence-electron chi connectivity index (χ1n) is 10.7. The number of ether oxygens (including phenoxy) is 2. The van der Waals surface area contributed by atoms with Crippen molar-refractivity contribution in [3.63, 3.8) is 0 Å². The minimum absolute atomic E-state index is 0.00302. The molecule has 0 aromatic heterocycles. The molecule has 2 atom stereocenters. The maximum atomic E-state index is 11.8. The number of hydrogen-bond acceptors (Lipinski definition) is 5. The second kappa shape index (κ2) is 11.3. The van der Waals surface area contributed by atoms with Crippen LogP contribution in [0.1, 0.15) is 32.1 Å². The molecule has 11 heteroatoms. The molecule has 0 aromatic carbocycles. The van der Waals surface area contributed by atoms with Gasteiger partial charge in [0.2, 0.25) is 0 Å². The predicted octanol–water partition coefficient (Wildman–Crippen LogP) is 2.19. The van der Waals surface area contributed by atoms with Crippen molar-refractivity contribution >= 4 is 12.0 Å². The van der Waals surface area contributed by atoms with Crippen LogP contribution in [0.15, 0.2) is 0 Å². The van der Waals surface area contributed by atoms with Gasteiger partial charge in [0, 0.05) is 65.5 Å². The number of carbonyl (C=O) groups is 2. The number of carbonyl (C=O) groups excluding carboxylic acids is 1. The van der Waals surface area contributed by atoms with Crippen LogP contribution < -0.4 is 5.32 Å². The van der Waals surface area contributed by atoms with Crippen molar-refractivity contribution in [1.82, 2.24) is 15.1 Å². The minimum Gasteiger partial charge on any atom is -0.475 e. The summed E-state index contributed by atoms with van der Waals surface area (Å²) in [5.74, 6) is -1.98. The molecular formula is C20H34F3N3O5. The van der Waals surface area contributed by atoms with Gasteiger partial charge in [-0.2, -0.15) is 13.2 Å². The molecule has 31 heavy (non-hydrogen) atoms. The molecule has 3 heterocycles. The lowest BCUT2D eigenvalue weighted by Gasteiger charge is -2.45. The van der Waals surface area contributed by atoms with Crippen molar-refractivity contribution in [3.8, 4) is 0 Å². The Balaban J connectivity index is 0.000000423. The molecule has 3 aliphatic rings. The van der Waals surface area contributed by atoms with E-state index in [0.717, 1.165) is 64.6 Å². The molecule has 0 saturated carbocycles. The molecule has 0 unspecified atom stereocenters. The first kappa shape index (κ1) is 25.7. The van der Waals surface area contributed by atoms with E-state index in [1.54, 1.807) is 19.0 Å². The van der Waals surface area contributed by atoms with Gasteiger partial charge in [-0.3, -0.25) is 0 Å². The Kier molecular flexibility index (Phi) is 9.38. The third kappa shape index (κ3) is 7.80. The van der Waals surface area contributed by atoms with Gasteiger partial charge < -0.3 is 29.7 Å². The van der Waals surface area contributed by atoms with Crippen molar-refractivity contribution in [3.05, 3.63) is 0 Å². The molecule has 8 nitrogen and oxygen atoms in total. The van der Waals surface area contributed by atoms with Crippen LogP contribution in [0.3, 0.4) is 0 Å². The monoisotopic (exact) mass is 453 g/mol. The van der Waals surface area contributed by atoms with E-state index in [4.69, 9.17) is 19.4 Å². The average molecular weight is 454 g/mol. The average Bonchev–Trinajstić information content (AvgIpc) is 3.11. The van der Waals surface area contributed by atoms with Gasteiger partial charge in [-0.1, -0.05) is 0 Å². The summed E-state index contributed by atoms with van der Waals surface area (Å²) in [7, 11) is 3.57. The molecule has 3 saturated heterocycles. The van der Waals surface area contributed by atoms with Crippen LogP contribution in [0.25, 0.3) is 0 Å². The summed E-state index contributed by atoms with van der Waals surface area (Å²) in [5.41, 5.74) is 0.225. The second-order valence-electron chi connectivity index (χ2n) is 8.73. The minimum atomic E-state index is -5.08. The summed E-state index contributed by atoms with van der Waals surface area (Å²) in [6.07, 6.45) is 0.955. The molecule has 2 amide bonds. The fraction of sp³-hybridized carbons (Fsp3) is 0.900. The zero-order chi connectivity index (χ0) is 23.1. The molecule has 0 spiro atoms. The number of urea groups is 1. The SMILES string of the molecule is CN(C)C(=O)NCC[C@@]12CCO[C@@H]1CCN(CC1CCOCC1)C2.O=C(O)C(F)(F)F. The summed E-state index contributed by atoms with van der Waals surface area (Å²) in [6, 6.07) is -0.00302. The fourth-order valence-corrected chi connectivity index (χ4v) is 4.53. The van der Waals surface area contributed by atoms with Crippen LogP contribution in [-0.2, 0) is 14.3 Å². The second-order valence-corrected chi connectivity index (χ2v) is 8.73. The molecule has 3 fully saturated rings. The van der Waals surface area contributed by atoms with Crippen LogP contribution in [0.5, 0.6) is 0 Å². The van der Waals surface area contributed by atoms with Gasteiger partial charge in [0.25, 0.3) is 0 Å². The van der Waals surface area contributed by atoms with Gasteiger partial charge in [-0.05, 0) is 38.0 Å². The van der Waals surface area contributed by atoms with Gasteiger partial charge in [-0.15, -0.1) is 0 Å². The predicted molar refractivity (Wildman–Crippen MR) is 107 cm³/mol. The first-order chi connectivity index (χ1) is 14.5. The maximum Gasteiger partial charge on any atom is 0.490 e. The van der Waals surface area contributed by atoms with E-state index in [2.05, 4.69) is 10.2 Å². The zero-order valence-electron chi connectivity index (χ0n) is 18.2. The summed E-state index contributed by atoms with van der Waals surface area (Å²) >= 11 is 0. The van der Waals surface area contributed by atoms with E-state index < -0.39 is 12.1 Å². The summed E-state index contributed by atoms with van der Waals surface area (Å²) in [4.78, 5) is 24.9. The smallest absolute Gasteiger partial charge is 0.475 e. The number of likely N-dealkylation sites (tertiary alicyclic amines) is 1. The first-order valence-corrected chi connectivity index (χ1v) is 10.7. The number of hydrogen-bond donors (Lipinski definition) is 2. The molecule has 180 valence electrons. The van der Waals surface area contributed by atoms with E-state index in [1.807, 2.05) is 0 Å². The number of alkyl halides is 3. The number of nitrogens with one attached hydrogen (secondary N) is 1. The Morgan fingerprint density at radius 1 is 1.19 bits per heavy atom. The number of rotatable bonds is 5. The molecule has 0 aromatic rings. The van der Waals surface area contributed by atoms with Crippen molar-refractivity contribution in [2.24, 2.45) is 11.3 Å². The Bertz CT molecular complexity index is 599. The summed E-state index contributed by atoms with van der Waals surface area (Å²) in [5, 5.41) is 10.2. The van der Waals surface area contributed by atoms with Gasteiger partial charge in [0.1, 0.15) is 0 Å². The Labute approximate surface area is 181 Å². The van der Waals surface area contributed by atoms with Crippen LogP contribution in [0.2, 0.25) is 0 Å². The normalized spacial score (nSPS) is 27.1. The van der Waals surface area contributed by atoms with Gasteiger partial charge in [0.15, 0.2) is 0 Å². The highest BCUT2D eigenvalue weighted by atomic mass is 19.4. The topological polar surface area (TPSA) is 91.3 Å². The van der Waals surface area contributed by atoms with Crippen molar-refractivity contribution in [1.29, 1.82) is 0 Å². The maximum absolute atomic E-state index is 11.8. The van der Waals surface area contributed by atoms with E-state index >= 15 is 0 Å². The molecule has 3 rings (SSSR count). The van der Waals surface area contributed by atoms with E-state index in [-0.39, 0.29) is 11.4 Å². The Morgan fingerprint density at radius 3 is 2.42 bits per heavy atom. The molecule has 0 bridgehead atoms. The highest BCUT2D eigenvalue weighted by Crippen LogP contribution is 2.43. The van der Waals surface area contributed by atoms with E-state index in [9.17, 15) is 18.0 Å².